The van der Waals surface area contributed by atoms with Gasteiger partial charge in [-0.25, -0.2) is 4.68 Å². The van der Waals surface area contributed by atoms with Crippen molar-refractivity contribution in [1.29, 1.82) is 0 Å². The molecule has 18 heavy (non-hydrogen) atoms. The van der Waals surface area contributed by atoms with E-state index in [1.54, 1.807) is 16.9 Å². The second-order valence-electron chi connectivity index (χ2n) is 4.42. The molecule has 0 unspecified atom stereocenters. The van der Waals surface area contributed by atoms with Gasteiger partial charge < -0.3 is 10.5 Å². The smallest absolute Gasteiger partial charge is 0.239 e. The highest BCUT2D eigenvalue weighted by Gasteiger charge is 2.22. The van der Waals surface area contributed by atoms with E-state index < -0.39 is 0 Å². The van der Waals surface area contributed by atoms with Gasteiger partial charge in [0.25, 0.3) is 0 Å². The first-order valence-corrected chi connectivity index (χ1v) is 6.61. The van der Waals surface area contributed by atoms with E-state index in [1.165, 1.54) is 12.8 Å². The van der Waals surface area contributed by atoms with Crippen molar-refractivity contribution >= 4 is 21.6 Å². The van der Waals surface area contributed by atoms with Crippen molar-refractivity contribution in [3.8, 4) is 11.7 Å². The van der Waals surface area contributed by atoms with Crippen molar-refractivity contribution in [3.05, 3.63) is 29.0 Å². The highest BCUT2D eigenvalue weighted by atomic mass is 79.9. The molecule has 1 fully saturated rings. The van der Waals surface area contributed by atoms with Gasteiger partial charge >= 0.3 is 0 Å². The summed E-state index contributed by atoms with van der Waals surface area (Å²) in [5.41, 5.74) is 6.41. The van der Waals surface area contributed by atoms with Gasteiger partial charge in [-0.1, -0.05) is 0 Å². The lowest BCUT2D eigenvalue weighted by Crippen LogP contribution is -2.06. The number of pyridine rings is 1. The third-order valence-corrected chi connectivity index (χ3v) is 3.22. The summed E-state index contributed by atoms with van der Waals surface area (Å²) in [6.07, 6.45) is 6.03. The summed E-state index contributed by atoms with van der Waals surface area (Å²) < 4.78 is 8.22. The first kappa shape index (κ1) is 11.5. The fourth-order valence-electron chi connectivity index (χ4n) is 1.59. The number of nitrogen functional groups attached to an aromatic ring is 1. The molecule has 2 aromatic rings. The zero-order valence-electron chi connectivity index (χ0n) is 9.71. The van der Waals surface area contributed by atoms with E-state index >= 15 is 0 Å². The van der Waals surface area contributed by atoms with Gasteiger partial charge in [0.2, 0.25) is 5.88 Å². The molecule has 94 valence electrons. The van der Waals surface area contributed by atoms with E-state index in [2.05, 4.69) is 26.0 Å². The first-order chi connectivity index (χ1) is 8.72. The topological polar surface area (TPSA) is 66.0 Å². The summed E-state index contributed by atoms with van der Waals surface area (Å²) in [5.74, 6) is 1.86. The standard InChI is InChI=1S/C12H13BrN4O/c13-9-5-15-17(6-9)11-4-3-10(14)12(16-11)18-7-8-1-2-8/h3-6,8H,1-2,7,14H2. The predicted octanol–water partition coefficient (Wildman–Crippen LogP) is 2.40. The van der Waals surface area contributed by atoms with Crippen LogP contribution in [0.2, 0.25) is 0 Å². The molecule has 0 spiro atoms. The molecular weight excluding hydrogens is 296 g/mol. The highest BCUT2D eigenvalue weighted by molar-refractivity contribution is 9.10. The molecule has 2 N–H and O–H groups in total. The average Bonchev–Trinajstić information content (AvgIpc) is 3.09. The van der Waals surface area contributed by atoms with Crippen LogP contribution in [-0.4, -0.2) is 21.4 Å². The van der Waals surface area contributed by atoms with Crippen LogP contribution in [0.4, 0.5) is 5.69 Å². The van der Waals surface area contributed by atoms with Crippen LogP contribution < -0.4 is 10.5 Å². The molecule has 0 radical (unpaired) electrons. The van der Waals surface area contributed by atoms with E-state index in [9.17, 15) is 0 Å². The molecular formula is C12H13BrN4O. The summed E-state index contributed by atoms with van der Waals surface area (Å²) in [5, 5.41) is 4.18. The molecule has 3 rings (SSSR count). The minimum Gasteiger partial charge on any atom is -0.476 e. The second kappa shape index (κ2) is 4.61. The summed E-state index contributed by atoms with van der Waals surface area (Å²) in [4.78, 5) is 4.39. The monoisotopic (exact) mass is 308 g/mol. The Morgan fingerprint density at radius 3 is 2.94 bits per heavy atom. The lowest BCUT2D eigenvalue weighted by Gasteiger charge is -2.09. The molecule has 0 saturated heterocycles. The molecule has 2 heterocycles. The van der Waals surface area contributed by atoms with Crippen molar-refractivity contribution in [2.24, 2.45) is 5.92 Å². The van der Waals surface area contributed by atoms with Gasteiger partial charge in [-0.3, -0.25) is 0 Å². The average molecular weight is 309 g/mol. The van der Waals surface area contributed by atoms with Crippen LogP contribution in [0.3, 0.4) is 0 Å². The third-order valence-electron chi connectivity index (χ3n) is 2.81. The van der Waals surface area contributed by atoms with E-state index in [4.69, 9.17) is 10.5 Å². The Bertz CT molecular complexity index is 565. The number of hydrogen-bond donors (Lipinski definition) is 1. The Kier molecular flexibility index (Phi) is 2.95. The fourth-order valence-corrected chi connectivity index (χ4v) is 1.88. The zero-order valence-corrected chi connectivity index (χ0v) is 11.3. The van der Waals surface area contributed by atoms with Crippen molar-refractivity contribution in [1.82, 2.24) is 14.8 Å². The molecule has 1 saturated carbocycles. The first-order valence-electron chi connectivity index (χ1n) is 5.82. The summed E-state index contributed by atoms with van der Waals surface area (Å²) in [6.45, 7) is 0.698. The molecule has 0 bridgehead atoms. The Morgan fingerprint density at radius 1 is 1.44 bits per heavy atom. The van der Waals surface area contributed by atoms with Gasteiger partial charge in [0.15, 0.2) is 5.82 Å². The van der Waals surface area contributed by atoms with Crippen LogP contribution in [0, 0.1) is 5.92 Å². The van der Waals surface area contributed by atoms with E-state index in [-0.39, 0.29) is 0 Å². The summed E-state index contributed by atoms with van der Waals surface area (Å²) in [7, 11) is 0. The Morgan fingerprint density at radius 2 is 2.28 bits per heavy atom. The number of nitrogens with zero attached hydrogens (tertiary/aromatic N) is 3. The largest absolute Gasteiger partial charge is 0.476 e. The third kappa shape index (κ3) is 2.48. The van der Waals surface area contributed by atoms with Crippen molar-refractivity contribution < 1.29 is 4.74 Å². The van der Waals surface area contributed by atoms with Gasteiger partial charge in [-0.05, 0) is 46.8 Å². The molecule has 5 nitrogen and oxygen atoms in total. The zero-order chi connectivity index (χ0) is 12.5. The lowest BCUT2D eigenvalue weighted by molar-refractivity contribution is 0.290. The number of nitrogens with two attached hydrogens (primary N) is 1. The minimum absolute atomic E-state index is 0.492. The quantitative estimate of drug-likeness (QED) is 0.942. The van der Waals surface area contributed by atoms with Crippen LogP contribution in [0.15, 0.2) is 29.0 Å². The molecule has 2 aromatic heterocycles. The molecule has 0 aliphatic heterocycles. The van der Waals surface area contributed by atoms with Crippen molar-refractivity contribution in [3.63, 3.8) is 0 Å². The minimum atomic E-state index is 0.492. The molecule has 1 aliphatic carbocycles. The fraction of sp³-hybridized carbons (Fsp3) is 0.333. The second-order valence-corrected chi connectivity index (χ2v) is 5.34. The van der Waals surface area contributed by atoms with Gasteiger partial charge in [0, 0.05) is 6.20 Å². The van der Waals surface area contributed by atoms with E-state index in [0.717, 1.165) is 4.47 Å². The van der Waals surface area contributed by atoms with Crippen LogP contribution in [0.1, 0.15) is 12.8 Å². The molecule has 0 aromatic carbocycles. The Labute approximate surface area is 113 Å². The van der Waals surface area contributed by atoms with Gasteiger partial charge in [-0.15, -0.1) is 0 Å². The number of hydrogen-bond acceptors (Lipinski definition) is 4. The molecule has 0 atom stereocenters. The Balaban J connectivity index is 1.84. The SMILES string of the molecule is Nc1ccc(-n2cc(Br)cn2)nc1OCC1CC1. The number of ether oxygens (including phenoxy) is 1. The predicted molar refractivity (Wildman–Crippen MR) is 71.7 cm³/mol. The van der Waals surface area contributed by atoms with Crippen LogP contribution in [-0.2, 0) is 0 Å². The highest BCUT2D eigenvalue weighted by Crippen LogP contribution is 2.30. The number of aromatic nitrogens is 3. The Hall–Kier alpha value is -1.56. The number of rotatable bonds is 4. The van der Waals surface area contributed by atoms with Gasteiger partial charge in [0.05, 0.1) is 23.0 Å². The number of halogens is 1. The lowest BCUT2D eigenvalue weighted by atomic mass is 10.4. The summed E-state index contributed by atoms with van der Waals surface area (Å²) in [6, 6.07) is 3.61. The van der Waals surface area contributed by atoms with Crippen LogP contribution >= 0.6 is 15.9 Å². The van der Waals surface area contributed by atoms with Gasteiger partial charge in [0.1, 0.15) is 0 Å². The van der Waals surface area contributed by atoms with Crippen LogP contribution in [0.25, 0.3) is 5.82 Å². The van der Waals surface area contributed by atoms with Gasteiger partial charge in [-0.2, -0.15) is 10.1 Å². The number of anilines is 1. The van der Waals surface area contributed by atoms with E-state index in [1.807, 2.05) is 12.3 Å². The maximum Gasteiger partial charge on any atom is 0.239 e. The van der Waals surface area contributed by atoms with Crippen molar-refractivity contribution in [2.45, 2.75) is 12.8 Å². The van der Waals surface area contributed by atoms with Crippen molar-refractivity contribution in [2.75, 3.05) is 12.3 Å². The molecule has 6 heteroatoms. The maximum atomic E-state index is 5.85. The normalized spacial score (nSPS) is 14.7. The molecule has 0 amide bonds. The van der Waals surface area contributed by atoms with Crippen LogP contribution in [0.5, 0.6) is 5.88 Å². The maximum absolute atomic E-state index is 5.85. The summed E-state index contributed by atoms with van der Waals surface area (Å²) >= 11 is 3.35. The van der Waals surface area contributed by atoms with E-state index in [0.29, 0.717) is 29.9 Å². The molecule has 1 aliphatic rings.